The van der Waals surface area contributed by atoms with E-state index in [2.05, 4.69) is 10.9 Å². The summed E-state index contributed by atoms with van der Waals surface area (Å²) in [5.74, 6) is -2.63. The Morgan fingerprint density at radius 2 is 1.94 bits per heavy atom. The Morgan fingerprint density at radius 3 is 2.48 bits per heavy atom. The van der Waals surface area contributed by atoms with Crippen molar-refractivity contribution in [2.45, 2.75) is 6.18 Å². The Kier molecular flexibility index (Phi) is 7.33. The van der Waals surface area contributed by atoms with Crippen molar-refractivity contribution < 1.29 is 46.3 Å². The molecule has 174 valence electrons. The maximum absolute atomic E-state index is 14.1. The number of hydrogen-bond donors (Lipinski definition) is 2. The molecular formula is C18H11F5N4O6. The van der Waals surface area contributed by atoms with Crippen molar-refractivity contribution in [3.05, 3.63) is 51.6 Å². The molecule has 10 nitrogen and oxygen atoms in total. The SMILES string of the molecule is COc1ccc([N+](=O)[O-])c(N(CC#Cc2c(NC(=O)C(F)(F)F)ccc(F)c2F)C(=O)O)n1. The predicted octanol–water partition coefficient (Wildman–Crippen LogP) is 3.31. The van der Waals surface area contributed by atoms with Gasteiger partial charge in [-0.15, -0.1) is 0 Å². The number of nitrogens with one attached hydrogen (secondary N) is 1. The standard InChI is InChI=1S/C18H11F5N4O6/c1-33-13-7-6-12(27(31)32)15(25-13)26(17(29)30)8-2-3-9-11(5-4-10(19)14(9)20)24-16(28)18(21,22)23/h4-7H,8H2,1H3,(H,24,28)(H,29,30). The summed E-state index contributed by atoms with van der Waals surface area (Å²) in [5, 5.41) is 21.9. The first-order valence-corrected chi connectivity index (χ1v) is 8.41. The molecule has 0 aliphatic rings. The van der Waals surface area contributed by atoms with Crippen molar-refractivity contribution in [2.24, 2.45) is 0 Å². The summed E-state index contributed by atoms with van der Waals surface area (Å²) in [7, 11) is 1.16. The van der Waals surface area contributed by atoms with Crippen LogP contribution in [-0.2, 0) is 4.79 Å². The number of halogens is 5. The summed E-state index contributed by atoms with van der Waals surface area (Å²) in [5.41, 5.74) is -2.60. The van der Waals surface area contributed by atoms with E-state index in [9.17, 15) is 46.8 Å². The van der Waals surface area contributed by atoms with Gasteiger partial charge in [0, 0.05) is 12.1 Å². The molecule has 33 heavy (non-hydrogen) atoms. The number of methoxy groups -OCH3 is 1. The summed E-state index contributed by atoms with van der Waals surface area (Å²) in [6, 6.07) is 3.06. The highest BCUT2D eigenvalue weighted by Gasteiger charge is 2.39. The molecule has 2 amide bonds. The average Bonchev–Trinajstić information content (AvgIpc) is 2.73. The summed E-state index contributed by atoms with van der Waals surface area (Å²) in [6.07, 6.45) is -7.12. The second kappa shape index (κ2) is 9.77. The van der Waals surface area contributed by atoms with Gasteiger partial charge in [0.05, 0.1) is 29.8 Å². The fourth-order valence-corrected chi connectivity index (χ4v) is 2.29. The number of benzene rings is 1. The first-order chi connectivity index (χ1) is 15.4. The van der Waals surface area contributed by atoms with E-state index in [-0.39, 0.29) is 10.8 Å². The van der Waals surface area contributed by atoms with Crippen LogP contribution in [-0.4, -0.2) is 46.8 Å². The highest BCUT2D eigenvalue weighted by molar-refractivity contribution is 5.96. The highest BCUT2D eigenvalue weighted by Crippen LogP contribution is 2.29. The van der Waals surface area contributed by atoms with Crippen molar-refractivity contribution >= 4 is 29.2 Å². The lowest BCUT2D eigenvalue weighted by molar-refractivity contribution is -0.384. The molecule has 0 unspecified atom stereocenters. The van der Waals surface area contributed by atoms with E-state index in [0.29, 0.717) is 12.1 Å². The molecule has 2 N–H and O–H groups in total. The fourth-order valence-electron chi connectivity index (χ4n) is 2.29. The molecule has 1 heterocycles. The summed E-state index contributed by atoms with van der Waals surface area (Å²) >= 11 is 0. The molecule has 0 aliphatic carbocycles. The number of alkyl halides is 3. The molecular weight excluding hydrogens is 463 g/mol. The van der Waals surface area contributed by atoms with Crippen LogP contribution < -0.4 is 15.0 Å². The van der Waals surface area contributed by atoms with Crippen LogP contribution in [0, 0.1) is 33.6 Å². The number of carbonyl (C=O) groups excluding carboxylic acids is 1. The van der Waals surface area contributed by atoms with Crippen LogP contribution in [0.1, 0.15) is 5.56 Å². The number of carbonyl (C=O) groups is 2. The molecule has 0 saturated heterocycles. The van der Waals surface area contributed by atoms with Crippen molar-refractivity contribution in [3.8, 4) is 17.7 Å². The third-order valence-corrected chi connectivity index (χ3v) is 3.77. The largest absolute Gasteiger partial charge is 0.481 e. The smallest absolute Gasteiger partial charge is 0.471 e. The monoisotopic (exact) mass is 474 g/mol. The molecule has 0 fully saturated rings. The molecule has 0 radical (unpaired) electrons. The van der Waals surface area contributed by atoms with Gasteiger partial charge >= 0.3 is 23.9 Å². The minimum absolute atomic E-state index is 0.192. The van der Waals surface area contributed by atoms with Crippen LogP contribution in [0.5, 0.6) is 5.88 Å². The average molecular weight is 474 g/mol. The number of hydrogen-bond acceptors (Lipinski definition) is 6. The molecule has 2 aromatic rings. The van der Waals surface area contributed by atoms with Crippen LogP contribution in [0.4, 0.5) is 43.9 Å². The maximum Gasteiger partial charge on any atom is 0.471 e. The van der Waals surface area contributed by atoms with Gasteiger partial charge in [0.1, 0.15) is 0 Å². The van der Waals surface area contributed by atoms with Crippen molar-refractivity contribution in [2.75, 3.05) is 23.9 Å². The zero-order valence-electron chi connectivity index (χ0n) is 16.2. The van der Waals surface area contributed by atoms with E-state index < -0.39 is 64.0 Å². The first kappa shape index (κ1) is 24.8. The third-order valence-electron chi connectivity index (χ3n) is 3.77. The lowest BCUT2D eigenvalue weighted by atomic mass is 10.1. The highest BCUT2D eigenvalue weighted by atomic mass is 19.4. The molecule has 2 rings (SSSR count). The van der Waals surface area contributed by atoms with Crippen LogP contribution in [0.15, 0.2) is 24.3 Å². The number of pyridine rings is 1. The van der Waals surface area contributed by atoms with Gasteiger partial charge in [0.15, 0.2) is 11.6 Å². The number of amides is 2. The molecule has 0 saturated carbocycles. The van der Waals surface area contributed by atoms with Crippen LogP contribution in [0.25, 0.3) is 0 Å². The van der Waals surface area contributed by atoms with Gasteiger partial charge in [-0.25, -0.2) is 18.5 Å². The zero-order chi connectivity index (χ0) is 24.9. The normalized spacial score (nSPS) is 10.6. The van der Waals surface area contributed by atoms with Crippen LogP contribution in [0.2, 0.25) is 0 Å². The van der Waals surface area contributed by atoms with Gasteiger partial charge in [-0.05, 0) is 12.1 Å². The summed E-state index contributed by atoms with van der Waals surface area (Å²) in [4.78, 5) is 36.9. The number of rotatable bonds is 5. The number of anilines is 2. The second-order valence-corrected chi connectivity index (χ2v) is 5.86. The summed E-state index contributed by atoms with van der Waals surface area (Å²) in [6.45, 7) is -0.904. The Hall–Kier alpha value is -4.48. The Labute approximate surface area is 180 Å². The van der Waals surface area contributed by atoms with Gasteiger partial charge in [-0.1, -0.05) is 11.8 Å². The second-order valence-electron chi connectivity index (χ2n) is 5.86. The van der Waals surface area contributed by atoms with Crippen LogP contribution >= 0.6 is 0 Å². The van der Waals surface area contributed by atoms with Crippen molar-refractivity contribution in [1.29, 1.82) is 0 Å². The molecule has 0 spiro atoms. The molecule has 1 aromatic heterocycles. The van der Waals surface area contributed by atoms with E-state index >= 15 is 0 Å². The Morgan fingerprint density at radius 1 is 1.27 bits per heavy atom. The third kappa shape index (κ3) is 5.81. The van der Waals surface area contributed by atoms with E-state index in [4.69, 9.17) is 4.74 Å². The van der Waals surface area contributed by atoms with Gasteiger partial charge in [0.25, 0.3) is 0 Å². The van der Waals surface area contributed by atoms with Gasteiger partial charge in [-0.3, -0.25) is 14.9 Å². The molecule has 0 aliphatic heterocycles. The van der Waals surface area contributed by atoms with Gasteiger partial charge in [-0.2, -0.15) is 18.2 Å². The van der Waals surface area contributed by atoms with Gasteiger partial charge < -0.3 is 15.2 Å². The minimum atomic E-state index is -5.34. The predicted molar refractivity (Wildman–Crippen MR) is 101 cm³/mol. The fraction of sp³-hybridized carbons (Fsp3) is 0.167. The lowest BCUT2D eigenvalue weighted by Crippen LogP contribution is -2.31. The molecule has 0 bridgehead atoms. The van der Waals surface area contributed by atoms with Crippen molar-refractivity contribution in [1.82, 2.24) is 4.98 Å². The van der Waals surface area contributed by atoms with Gasteiger partial charge in [0.2, 0.25) is 11.7 Å². The summed E-state index contributed by atoms with van der Waals surface area (Å²) < 4.78 is 69.9. The van der Waals surface area contributed by atoms with E-state index in [0.717, 1.165) is 19.2 Å². The Bertz CT molecular complexity index is 1180. The number of aromatic nitrogens is 1. The zero-order valence-corrected chi connectivity index (χ0v) is 16.2. The molecule has 15 heteroatoms. The number of carboxylic acid groups (broad SMARTS) is 1. The topological polar surface area (TPSA) is 135 Å². The quantitative estimate of drug-likeness (QED) is 0.294. The minimum Gasteiger partial charge on any atom is -0.481 e. The Balaban J connectivity index is 2.48. The maximum atomic E-state index is 14.1. The van der Waals surface area contributed by atoms with Crippen LogP contribution in [0.3, 0.4) is 0 Å². The number of nitro groups is 1. The van der Waals surface area contributed by atoms with E-state index in [1.54, 1.807) is 0 Å². The first-order valence-electron chi connectivity index (χ1n) is 8.41. The van der Waals surface area contributed by atoms with E-state index in [1.807, 2.05) is 5.92 Å². The van der Waals surface area contributed by atoms with Crippen molar-refractivity contribution in [3.63, 3.8) is 0 Å². The lowest BCUT2D eigenvalue weighted by Gasteiger charge is -2.15. The molecule has 0 atom stereocenters. The number of nitrogens with zero attached hydrogens (tertiary/aromatic N) is 3. The number of ether oxygens (including phenoxy) is 1. The van der Waals surface area contributed by atoms with E-state index in [1.165, 1.54) is 5.32 Å². The molecule has 1 aromatic carbocycles.